The van der Waals surface area contributed by atoms with Gasteiger partial charge in [-0.1, -0.05) is 42.0 Å². The molecule has 0 radical (unpaired) electrons. The zero-order chi connectivity index (χ0) is 22.0. The molecule has 0 atom stereocenters. The van der Waals surface area contributed by atoms with Gasteiger partial charge < -0.3 is 5.32 Å². The van der Waals surface area contributed by atoms with Gasteiger partial charge in [-0.2, -0.15) is 5.10 Å². The van der Waals surface area contributed by atoms with Gasteiger partial charge in [-0.05, 0) is 43.8 Å². The van der Waals surface area contributed by atoms with Crippen LogP contribution in [0, 0.1) is 24.4 Å². The van der Waals surface area contributed by atoms with Gasteiger partial charge in [0.05, 0.1) is 5.69 Å². The quantitative estimate of drug-likeness (QED) is 0.401. The number of rotatable bonds is 6. The fourth-order valence-corrected chi connectivity index (χ4v) is 4.43. The zero-order valence-electron chi connectivity index (χ0n) is 17.0. The van der Waals surface area contributed by atoms with Crippen LogP contribution in [-0.2, 0) is 17.8 Å². The van der Waals surface area contributed by atoms with Crippen LogP contribution in [-0.4, -0.2) is 25.7 Å². The van der Waals surface area contributed by atoms with Crippen LogP contribution in [0.3, 0.4) is 0 Å². The van der Waals surface area contributed by atoms with E-state index in [1.54, 1.807) is 22.8 Å². The largest absolute Gasteiger partial charge is 0.300 e. The lowest BCUT2D eigenvalue weighted by Crippen LogP contribution is -2.19. The number of nitrogens with zero attached hydrogens (tertiary/aromatic N) is 3. The second kappa shape index (κ2) is 8.91. The number of amides is 1. The minimum atomic E-state index is -0.266. The third-order valence-electron chi connectivity index (χ3n) is 4.78. The first-order valence-corrected chi connectivity index (χ1v) is 10.8. The van der Waals surface area contributed by atoms with Crippen LogP contribution in [0.15, 0.2) is 48.5 Å². The molecule has 0 saturated heterocycles. The summed E-state index contributed by atoms with van der Waals surface area (Å²) in [7, 11) is 0. The summed E-state index contributed by atoms with van der Waals surface area (Å²) < 4.78 is 16.0. The van der Waals surface area contributed by atoms with E-state index in [4.69, 9.17) is 12.2 Å². The highest BCUT2D eigenvalue weighted by atomic mass is 32.1. The molecule has 2 heterocycles. The van der Waals surface area contributed by atoms with Crippen LogP contribution in [0.25, 0.3) is 11.4 Å². The van der Waals surface area contributed by atoms with Crippen LogP contribution in [0.1, 0.15) is 21.7 Å². The van der Waals surface area contributed by atoms with Crippen LogP contribution >= 0.6 is 23.6 Å². The molecule has 31 heavy (non-hydrogen) atoms. The molecule has 0 aliphatic rings. The monoisotopic (exact) mass is 453 g/mol. The van der Waals surface area contributed by atoms with E-state index in [1.807, 2.05) is 38.1 Å². The summed E-state index contributed by atoms with van der Waals surface area (Å²) in [5.74, 6) is 0.0795. The zero-order valence-corrected chi connectivity index (χ0v) is 18.6. The number of thiazole rings is 1. The summed E-state index contributed by atoms with van der Waals surface area (Å²) in [4.78, 5) is 18.0. The molecule has 1 amide bonds. The third-order valence-corrected chi connectivity index (χ3v) is 6.17. The van der Waals surface area contributed by atoms with Gasteiger partial charge in [0, 0.05) is 16.9 Å². The van der Waals surface area contributed by atoms with Crippen molar-refractivity contribution < 1.29 is 9.18 Å². The number of nitrogens with one attached hydrogen (secondary N) is 2. The number of carbonyl (C=O) groups is 1. The van der Waals surface area contributed by atoms with Gasteiger partial charge in [-0.15, -0.1) is 11.3 Å². The van der Waals surface area contributed by atoms with E-state index in [1.165, 1.54) is 17.4 Å². The van der Waals surface area contributed by atoms with Gasteiger partial charge in [0.1, 0.15) is 12.4 Å². The molecular formula is C22H20FN5OS2. The van der Waals surface area contributed by atoms with Gasteiger partial charge in [0.2, 0.25) is 5.91 Å². The number of H-pyrrole nitrogens is 1. The second-order valence-corrected chi connectivity index (χ2v) is 8.62. The van der Waals surface area contributed by atoms with Gasteiger partial charge in [-0.25, -0.2) is 9.37 Å². The Bertz CT molecular complexity index is 1310. The number of halogens is 1. The number of benzene rings is 2. The lowest BCUT2D eigenvalue weighted by molar-refractivity contribution is -0.116. The highest BCUT2D eigenvalue weighted by molar-refractivity contribution is 7.71. The van der Waals surface area contributed by atoms with E-state index in [-0.39, 0.29) is 18.3 Å². The Labute approximate surface area is 187 Å². The molecule has 0 aliphatic heterocycles. The van der Waals surface area contributed by atoms with Crippen LogP contribution in [0.4, 0.5) is 9.52 Å². The normalized spacial score (nSPS) is 10.9. The van der Waals surface area contributed by atoms with Crippen molar-refractivity contribution in [1.29, 1.82) is 0 Å². The summed E-state index contributed by atoms with van der Waals surface area (Å²) in [6.45, 7) is 3.84. The average Bonchev–Trinajstić information content (AvgIpc) is 3.26. The van der Waals surface area contributed by atoms with Crippen LogP contribution in [0.5, 0.6) is 0 Å². The minimum absolute atomic E-state index is 0.000116. The molecule has 0 aliphatic carbocycles. The van der Waals surface area contributed by atoms with Crippen molar-refractivity contribution in [3.05, 3.63) is 80.8 Å². The first kappa shape index (κ1) is 21.1. The Hall–Kier alpha value is -3.17. The lowest BCUT2D eigenvalue weighted by atomic mass is 10.1. The number of anilines is 1. The topological polar surface area (TPSA) is 75.6 Å². The molecule has 0 bridgehead atoms. The first-order chi connectivity index (χ1) is 14.9. The van der Waals surface area contributed by atoms with Crippen molar-refractivity contribution in [2.45, 2.75) is 26.8 Å². The molecule has 0 spiro atoms. The number of hydrogen-bond acceptors (Lipinski definition) is 5. The van der Waals surface area contributed by atoms with Crippen molar-refractivity contribution in [3.63, 3.8) is 0 Å². The molecule has 2 aromatic carbocycles. The smallest absolute Gasteiger partial charge is 0.246 e. The number of aromatic amines is 1. The molecule has 6 nitrogen and oxygen atoms in total. The van der Waals surface area contributed by atoms with Crippen LogP contribution in [0.2, 0.25) is 0 Å². The highest BCUT2D eigenvalue weighted by Gasteiger charge is 2.16. The summed E-state index contributed by atoms with van der Waals surface area (Å²) in [6.07, 6.45) is 0.427. The maximum absolute atomic E-state index is 14.0. The Kier molecular flexibility index (Phi) is 6.06. The fourth-order valence-electron chi connectivity index (χ4n) is 3.23. The van der Waals surface area contributed by atoms with Gasteiger partial charge in [0.25, 0.3) is 0 Å². The number of hydrogen-bond donors (Lipinski definition) is 2. The molecule has 9 heteroatoms. The Morgan fingerprint density at radius 3 is 2.81 bits per heavy atom. The molecule has 2 N–H and O–H groups in total. The summed E-state index contributed by atoms with van der Waals surface area (Å²) >= 11 is 6.66. The number of carbonyl (C=O) groups excluding carboxylic acids is 1. The highest BCUT2D eigenvalue weighted by Crippen LogP contribution is 2.26. The van der Waals surface area contributed by atoms with E-state index in [0.717, 1.165) is 21.7 Å². The van der Waals surface area contributed by atoms with E-state index < -0.39 is 0 Å². The molecule has 0 unspecified atom stereocenters. The Morgan fingerprint density at radius 2 is 2.03 bits per heavy atom. The van der Waals surface area contributed by atoms with E-state index >= 15 is 0 Å². The maximum Gasteiger partial charge on any atom is 0.246 e. The maximum atomic E-state index is 14.0. The number of aryl methyl sites for hydroxylation is 2. The van der Waals surface area contributed by atoms with Crippen molar-refractivity contribution in [3.8, 4) is 11.4 Å². The number of aromatic nitrogens is 4. The molecule has 4 aromatic rings. The fraction of sp³-hybridized carbons (Fsp3) is 0.182. The summed E-state index contributed by atoms with van der Waals surface area (Å²) in [5, 5.41) is 10.3. The van der Waals surface area contributed by atoms with Crippen LogP contribution < -0.4 is 5.32 Å². The lowest BCUT2D eigenvalue weighted by Gasteiger charge is -2.07. The summed E-state index contributed by atoms with van der Waals surface area (Å²) in [5.41, 5.74) is 3.32. The van der Waals surface area contributed by atoms with Crippen molar-refractivity contribution >= 4 is 34.6 Å². The molecule has 158 valence electrons. The predicted molar refractivity (Wildman–Crippen MR) is 122 cm³/mol. The van der Waals surface area contributed by atoms with E-state index in [2.05, 4.69) is 20.5 Å². The summed E-state index contributed by atoms with van der Waals surface area (Å²) in [6, 6.07) is 14.5. The molecular weight excluding hydrogens is 433 g/mol. The van der Waals surface area contributed by atoms with Gasteiger partial charge in [-0.3, -0.25) is 14.5 Å². The Morgan fingerprint density at radius 1 is 1.23 bits per heavy atom. The van der Waals surface area contributed by atoms with Gasteiger partial charge >= 0.3 is 0 Å². The van der Waals surface area contributed by atoms with Crippen molar-refractivity contribution in [1.82, 2.24) is 19.7 Å². The molecule has 0 saturated carbocycles. The Balaban J connectivity index is 1.50. The first-order valence-electron chi connectivity index (χ1n) is 9.62. The third kappa shape index (κ3) is 4.78. The average molecular weight is 454 g/mol. The minimum Gasteiger partial charge on any atom is -0.300 e. The predicted octanol–water partition coefficient (Wildman–Crippen LogP) is 5.05. The SMILES string of the molecule is Cc1cccc(-c2n[nH]c(=S)n2CC(=O)Nc2nc(C)c(Cc3ccccc3F)s2)c1. The molecule has 2 aromatic heterocycles. The van der Waals surface area contributed by atoms with E-state index in [9.17, 15) is 9.18 Å². The van der Waals surface area contributed by atoms with Gasteiger partial charge in [0.15, 0.2) is 15.7 Å². The molecule has 4 rings (SSSR count). The second-order valence-electron chi connectivity index (χ2n) is 7.15. The van der Waals surface area contributed by atoms with Crippen molar-refractivity contribution in [2.24, 2.45) is 0 Å². The van der Waals surface area contributed by atoms with E-state index in [0.29, 0.717) is 27.7 Å². The standard InChI is InChI=1S/C22H20FN5OS2/c1-13-6-5-8-16(10-13)20-26-27-22(30)28(20)12-19(29)25-21-24-14(2)18(31-21)11-15-7-3-4-9-17(15)23/h3-10H,11-12H2,1-2H3,(H,27,30)(H,24,25,29). The molecule has 0 fully saturated rings. The van der Waals surface area contributed by atoms with Crippen molar-refractivity contribution in [2.75, 3.05) is 5.32 Å².